The van der Waals surface area contributed by atoms with Crippen LogP contribution in [0.5, 0.6) is 0 Å². The number of amides is 1. The third kappa shape index (κ3) is 3.53. The van der Waals surface area contributed by atoms with Crippen LogP contribution in [0.3, 0.4) is 0 Å². The molecule has 6 nitrogen and oxygen atoms in total. The van der Waals surface area contributed by atoms with E-state index in [1.54, 1.807) is 11.1 Å². The smallest absolute Gasteiger partial charge is 0.242 e. The molecule has 0 N–H and O–H groups in total. The lowest BCUT2D eigenvalue weighted by Gasteiger charge is -2.19. The second-order valence-electron chi connectivity index (χ2n) is 7.69. The van der Waals surface area contributed by atoms with E-state index < -0.39 is 0 Å². The molecular weight excluding hydrogens is 362 g/mol. The highest BCUT2D eigenvalue weighted by molar-refractivity contribution is 5.81. The molecule has 2 aromatic carbocycles. The lowest BCUT2D eigenvalue weighted by atomic mass is 10.2. The molecule has 1 aliphatic rings. The summed E-state index contributed by atoms with van der Waals surface area (Å²) in [6.07, 6.45) is 5.99. The van der Waals surface area contributed by atoms with E-state index in [2.05, 4.69) is 21.8 Å². The van der Waals surface area contributed by atoms with Gasteiger partial charge in [-0.15, -0.1) is 0 Å². The minimum Gasteiger partial charge on any atom is -0.340 e. The number of aromatic nitrogens is 4. The fourth-order valence-electron chi connectivity index (χ4n) is 3.75. The highest BCUT2D eigenvalue weighted by Crippen LogP contribution is 2.40. The zero-order valence-electron chi connectivity index (χ0n) is 16.4. The number of rotatable bonds is 6. The lowest BCUT2D eigenvalue weighted by Crippen LogP contribution is -2.30. The predicted octanol–water partition coefficient (Wildman–Crippen LogP) is 3.76. The van der Waals surface area contributed by atoms with Crippen molar-refractivity contribution in [3.05, 3.63) is 78.4 Å². The van der Waals surface area contributed by atoms with Crippen molar-refractivity contribution in [3.63, 3.8) is 0 Å². The Morgan fingerprint density at radius 3 is 2.79 bits per heavy atom. The van der Waals surface area contributed by atoms with Gasteiger partial charge in [-0.05, 0) is 48.7 Å². The van der Waals surface area contributed by atoms with Crippen LogP contribution < -0.4 is 0 Å². The molecule has 6 heteroatoms. The zero-order chi connectivity index (χ0) is 19.8. The maximum absolute atomic E-state index is 13.0. The normalized spacial score (nSPS) is 13.7. The molecule has 1 saturated carbocycles. The molecule has 5 rings (SSSR count). The van der Waals surface area contributed by atoms with Gasteiger partial charge in [-0.1, -0.05) is 24.3 Å². The van der Waals surface area contributed by atoms with E-state index in [9.17, 15) is 4.79 Å². The third-order valence-corrected chi connectivity index (χ3v) is 5.44. The number of carbonyl (C=O) groups is 1. The largest absolute Gasteiger partial charge is 0.340 e. The number of para-hydroxylation sites is 2. The van der Waals surface area contributed by atoms with Crippen LogP contribution in [0.25, 0.3) is 16.7 Å². The molecule has 0 aliphatic heterocycles. The third-order valence-electron chi connectivity index (χ3n) is 5.44. The molecule has 1 aliphatic carbocycles. The Kier molecular flexibility index (Phi) is 4.39. The minimum absolute atomic E-state index is 0.0829. The molecule has 4 aromatic rings. The van der Waals surface area contributed by atoms with Gasteiger partial charge in [-0.25, -0.2) is 9.67 Å². The molecule has 0 saturated heterocycles. The molecule has 29 heavy (non-hydrogen) atoms. The Bertz CT molecular complexity index is 1160. The van der Waals surface area contributed by atoms with Gasteiger partial charge < -0.3 is 9.47 Å². The van der Waals surface area contributed by atoms with Crippen molar-refractivity contribution in [2.75, 3.05) is 7.05 Å². The van der Waals surface area contributed by atoms with Crippen molar-refractivity contribution in [1.82, 2.24) is 24.2 Å². The number of benzene rings is 2. The van der Waals surface area contributed by atoms with Gasteiger partial charge in [-0.3, -0.25) is 4.79 Å². The molecule has 0 atom stereocenters. The van der Waals surface area contributed by atoms with Crippen molar-refractivity contribution >= 4 is 16.9 Å². The van der Waals surface area contributed by atoms with Gasteiger partial charge in [0.25, 0.3) is 0 Å². The van der Waals surface area contributed by atoms with Gasteiger partial charge in [0.05, 0.1) is 16.7 Å². The highest BCUT2D eigenvalue weighted by atomic mass is 16.2. The van der Waals surface area contributed by atoms with Crippen molar-refractivity contribution in [2.45, 2.75) is 31.8 Å². The summed E-state index contributed by atoms with van der Waals surface area (Å²) in [5, 5.41) is 4.28. The number of hydrogen-bond acceptors (Lipinski definition) is 3. The van der Waals surface area contributed by atoms with Crippen LogP contribution in [0.4, 0.5) is 0 Å². The van der Waals surface area contributed by atoms with Crippen molar-refractivity contribution in [2.24, 2.45) is 0 Å². The van der Waals surface area contributed by atoms with E-state index in [0.29, 0.717) is 19.0 Å². The van der Waals surface area contributed by atoms with Crippen molar-refractivity contribution in [1.29, 1.82) is 0 Å². The molecule has 0 spiro atoms. The van der Waals surface area contributed by atoms with E-state index in [1.165, 1.54) is 0 Å². The van der Waals surface area contributed by atoms with Crippen LogP contribution in [0.1, 0.15) is 30.1 Å². The monoisotopic (exact) mass is 385 g/mol. The van der Waals surface area contributed by atoms with E-state index in [0.717, 1.165) is 41.0 Å². The van der Waals surface area contributed by atoms with Crippen LogP contribution in [0.2, 0.25) is 0 Å². The average Bonchev–Trinajstić information content (AvgIpc) is 3.30. The number of likely N-dealkylation sites (N-methyl/N-ethyl adjacent to an activating group) is 1. The SMILES string of the molecule is CN(Cc1cccc(-n2cccn2)c1)C(=O)Cn1c(C2CC2)nc2ccccc21. The number of carbonyl (C=O) groups excluding carboxylic acids is 1. The average molecular weight is 385 g/mol. The van der Waals surface area contributed by atoms with Gasteiger partial charge in [0.2, 0.25) is 5.91 Å². The maximum atomic E-state index is 13.0. The van der Waals surface area contributed by atoms with Crippen LogP contribution in [-0.4, -0.2) is 37.2 Å². The number of hydrogen-bond donors (Lipinski definition) is 0. The highest BCUT2D eigenvalue weighted by Gasteiger charge is 2.30. The molecular formula is C23H23N5O. The van der Waals surface area contributed by atoms with Gasteiger partial charge in [0.1, 0.15) is 12.4 Å². The number of nitrogens with zero attached hydrogens (tertiary/aromatic N) is 5. The van der Waals surface area contributed by atoms with E-state index in [1.807, 2.05) is 60.4 Å². The Balaban J connectivity index is 1.35. The fourth-order valence-corrected chi connectivity index (χ4v) is 3.75. The summed E-state index contributed by atoms with van der Waals surface area (Å²) in [4.78, 5) is 19.6. The van der Waals surface area contributed by atoms with Crippen LogP contribution in [0.15, 0.2) is 67.0 Å². The standard InChI is InChI=1S/C23H23N5O/c1-26(15-17-6-4-7-19(14-17)28-13-5-12-24-28)22(29)16-27-21-9-3-2-8-20(21)25-23(27)18-10-11-18/h2-9,12-14,18H,10-11,15-16H2,1H3. The predicted molar refractivity (Wildman–Crippen MR) is 112 cm³/mol. The summed E-state index contributed by atoms with van der Waals surface area (Å²) in [7, 11) is 1.86. The first kappa shape index (κ1) is 17.7. The second-order valence-corrected chi connectivity index (χ2v) is 7.69. The maximum Gasteiger partial charge on any atom is 0.242 e. The first-order valence-corrected chi connectivity index (χ1v) is 9.97. The topological polar surface area (TPSA) is 56.0 Å². The van der Waals surface area contributed by atoms with E-state index in [4.69, 9.17) is 4.98 Å². The Hall–Kier alpha value is -3.41. The summed E-state index contributed by atoms with van der Waals surface area (Å²) in [5.74, 6) is 1.62. The zero-order valence-corrected chi connectivity index (χ0v) is 16.4. The minimum atomic E-state index is 0.0829. The summed E-state index contributed by atoms with van der Waals surface area (Å²) in [6, 6.07) is 18.1. The van der Waals surface area contributed by atoms with Crippen LogP contribution in [0, 0.1) is 0 Å². The Morgan fingerprint density at radius 2 is 2.00 bits per heavy atom. The van der Waals surface area contributed by atoms with Crippen LogP contribution in [-0.2, 0) is 17.9 Å². The molecule has 0 unspecified atom stereocenters. The second kappa shape index (κ2) is 7.20. The summed E-state index contributed by atoms with van der Waals surface area (Å²) in [5.41, 5.74) is 4.07. The lowest BCUT2D eigenvalue weighted by molar-refractivity contribution is -0.131. The van der Waals surface area contributed by atoms with Gasteiger partial charge in [-0.2, -0.15) is 5.10 Å². The van der Waals surface area contributed by atoms with E-state index >= 15 is 0 Å². The first-order valence-electron chi connectivity index (χ1n) is 9.97. The van der Waals surface area contributed by atoms with Gasteiger partial charge in [0.15, 0.2) is 0 Å². The van der Waals surface area contributed by atoms with Gasteiger partial charge >= 0.3 is 0 Å². The Morgan fingerprint density at radius 1 is 1.14 bits per heavy atom. The molecule has 146 valence electrons. The van der Waals surface area contributed by atoms with Crippen molar-refractivity contribution < 1.29 is 4.79 Å². The Labute approximate surface area is 169 Å². The van der Waals surface area contributed by atoms with Crippen molar-refractivity contribution in [3.8, 4) is 5.69 Å². The molecule has 0 radical (unpaired) electrons. The first-order chi connectivity index (χ1) is 14.2. The molecule has 2 heterocycles. The van der Waals surface area contributed by atoms with E-state index in [-0.39, 0.29) is 5.91 Å². The molecule has 1 amide bonds. The van der Waals surface area contributed by atoms with Gasteiger partial charge in [0, 0.05) is 31.9 Å². The van der Waals surface area contributed by atoms with Crippen LogP contribution >= 0.6 is 0 Å². The number of fused-ring (bicyclic) bond motifs is 1. The molecule has 2 aromatic heterocycles. The molecule has 1 fully saturated rings. The summed E-state index contributed by atoms with van der Waals surface area (Å²) in [6.45, 7) is 0.876. The fraction of sp³-hybridized carbons (Fsp3) is 0.261. The molecule has 0 bridgehead atoms. The summed E-state index contributed by atoms with van der Waals surface area (Å²) < 4.78 is 3.93. The number of imidazole rings is 1. The summed E-state index contributed by atoms with van der Waals surface area (Å²) >= 11 is 0. The quantitative estimate of drug-likeness (QED) is 0.508.